The zero-order chi connectivity index (χ0) is 17.4. The molecule has 128 valence electrons. The van der Waals surface area contributed by atoms with Crippen molar-refractivity contribution in [3.8, 4) is 0 Å². The third kappa shape index (κ3) is 3.46. The first-order valence-electron chi connectivity index (χ1n) is 6.63. The zero-order valence-electron chi connectivity index (χ0n) is 11.8. The first kappa shape index (κ1) is 17.6. The highest BCUT2D eigenvalue weighted by molar-refractivity contribution is 7.89. The second-order valence-electron chi connectivity index (χ2n) is 5.19. The number of nitro groups is 1. The molecule has 0 amide bonds. The number of hydrogen-bond acceptors (Lipinski definition) is 5. The summed E-state index contributed by atoms with van der Waals surface area (Å²) in [5, 5.41) is 10.6. The number of nitro benzene ring substituents is 1. The minimum absolute atomic E-state index is 0.0348. The van der Waals surface area contributed by atoms with Gasteiger partial charge in [-0.3, -0.25) is 10.1 Å². The maximum absolute atomic E-state index is 13.1. The van der Waals surface area contributed by atoms with E-state index in [1.165, 1.54) is 0 Å². The van der Waals surface area contributed by atoms with E-state index in [2.05, 4.69) is 0 Å². The van der Waals surface area contributed by atoms with E-state index in [9.17, 15) is 31.7 Å². The molecule has 1 unspecified atom stereocenters. The minimum atomic E-state index is -5.03. The predicted molar refractivity (Wildman–Crippen MR) is 74.0 cm³/mol. The van der Waals surface area contributed by atoms with Gasteiger partial charge in [0.2, 0.25) is 10.0 Å². The van der Waals surface area contributed by atoms with E-state index in [0.717, 1.165) is 10.4 Å². The molecule has 0 aliphatic carbocycles. The van der Waals surface area contributed by atoms with E-state index in [0.29, 0.717) is 12.5 Å². The molecule has 0 bridgehead atoms. The van der Waals surface area contributed by atoms with Gasteiger partial charge in [-0.15, -0.1) is 0 Å². The Morgan fingerprint density at radius 1 is 1.39 bits per heavy atom. The van der Waals surface area contributed by atoms with Crippen LogP contribution in [0.25, 0.3) is 0 Å². The number of rotatable bonds is 4. The van der Waals surface area contributed by atoms with Crippen molar-refractivity contribution in [1.29, 1.82) is 0 Å². The number of halogens is 3. The summed E-state index contributed by atoms with van der Waals surface area (Å²) in [7, 11) is -4.40. The Morgan fingerprint density at radius 3 is 2.52 bits per heavy atom. The minimum Gasteiger partial charge on any atom is -0.330 e. The number of nitrogens with two attached hydrogens (primary N) is 1. The Morgan fingerprint density at radius 2 is 2.04 bits per heavy atom. The monoisotopic (exact) mass is 353 g/mol. The Kier molecular flexibility index (Phi) is 4.64. The van der Waals surface area contributed by atoms with Gasteiger partial charge in [-0.05, 0) is 24.9 Å². The lowest BCUT2D eigenvalue weighted by Crippen LogP contribution is -2.31. The summed E-state index contributed by atoms with van der Waals surface area (Å²) >= 11 is 0. The SMILES string of the molecule is NCC1CCN(S(=O)(=O)c2ccc([N+](=O)[O-])cc2C(F)(F)F)C1. The molecule has 0 saturated carbocycles. The highest BCUT2D eigenvalue weighted by Gasteiger charge is 2.41. The average Bonchev–Trinajstić information content (AvgIpc) is 2.95. The summed E-state index contributed by atoms with van der Waals surface area (Å²) in [6.07, 6.45) is -4.56. The Balaban J connectivity index is 2.52. The number of alkyl halides is 3. The maximum atomic E-state index is 13.1. The first-order valence-corrected chi connectivity index (χ1v) is 8.07. The van der Waals surface area contributed by atoms with Gasteiger partial charge in [0.05, 0.1) is 15.4 Å². The molecule has 0 aromatic heterocycles. The quantitative estimate of drug-likeness (QED) is 0.653. The predicted octanol–water partition coefficient (Wildman–Crippen LogP) is 1.58. The van der Waals surface area contributed by atoms with Crippen molar-refractivity contribution in [3.63, 3.8) is 0 Å². The number of sulfonamides is 1. The number of non-ortho nitro benzene ring substituents is 1. The Labute approximate surface area is 130 Å². The fourth-order valence-corrected chi connectivity index (χ4v) is 4.15. The highest BCUT2D eigenvalue weighted by Crippen LogP contribution is 2.38. The molecule has 1 aromatic carbocycles. The molecule has 1 heterocycles. The third-order valence-electron chi connectivity index (χ3n) is 3.68. The third-order valence-corrected chi connectivity index (χ3v) is 5.60. The molecular weight excluding hydrogens is 339 g/mol. The second kappa shape index (κ2) is 6.06. The summed E-state index contributed by atoms with van der Waals surface area (Å²) in [4.78, 5) is 8.66. The Bertz CT molecular complexity index is 721. The van der Waals surface area contributed by atoms with Crippen LogP contribution in [0.4, 0.5) is 18.9 Å². The van der Waals surface area contributed by atoms with Gasteiger partial charge in [-0.25, -0.2) is 8.42 Å². The topological polar surface area (TPSA) is 107 Å². The lowest BCUT2D eigenvalue weighted by atomic mass is 10.1. The van der Waals surface area contributed by atoms with Crippen LogP contribution in [0.15, 0.2) is 23.1 Å². The van der Waals surface area contributed by atoms with E-state index in [1.807, 2.05) is 0 Å². The Hall–Kier alpha value is -1.72. The number of hydrogen-bond donors (Lipinski definition) is 1. The molecule has 2 N–H and O–H groups in total. The van der Waals surface area contributed by atoms with Gasteiger partial charge in [0.1, 0.15) is 0 Å². The first-order chi connectivity index (χ1) is 10.6. The standard InChI is InChI=1S/C12H14F3N3O4S/c13-12(14,15)10-5-9(18(19)20)1-2-11(10)23(21,22)17-4-3-8(6-16)7-17/h1-2,5,8H,3-4,6-7,16H2. The maximum Gasteiger partial charge on any atom is 0.417 e. The van der Waals surface area contributed by atoms with Crippen molar-refractivity contribution in [2.45, 2.75) is 17.5 Å². The van der Waals surface area contributed by atoms with Gasteiger partial charge < -0.3 is 5.73 Å². The van der Waals surface area contributed by atoms with E-state index >= 15 is 0 Å². The van der Waals surface area contributed by atoms with Crippen LogP contribution >= 0.6 is 0 Å². The van der Waals surface area contributed by atoms with Crippen LogP contribution < -0.4 is 5.73 Å². The molecule has 1 saturated heterocycles. The van der Waals surface area contributed by atoms with Crippen LogP contribution in [0.3, 0.4) is 0 Å². The molecule has 1 fully saturated rings. The lowest BCUT2D eigenvalue weighted by molar-refractivity contribution is -0.385. The van der Waals surface area contributed by atoms with Crippen molar-refractivity contribution in [2.75, 3.05) is 19.6 Å². The van der Waals surface area contributed by atoms with Gasteiger partial charge in [-0.1, -0.05) is 0 Å². The lowest BCUT2D eigenvalue weighted by Gasteiger charge is -2.19. The largest absolute Gasteiger partial charge is 0.417 e. The fraction of sp³-hybridized carbons (Fsp3) is 0.500. The summed E-state index contributed by atoms with van der Waals surface area (Å²) < 4.78 is 65.2. The molecule has 23 heavy (non-hydrogen) atoms. The van der Waals surface area contributed by atoms with Gasteiger partial charge in [0, 0.05) is 25.2 Å². The molecule has 1 aliphatic heterocycles. The van der Waals surface area contributed by atoms with Crippen LogP contribution in [0.1, 0.15) is 12.0 Å². The molecule has 1 aliphatic rings. The van der Waals surface area contributed by atoms with Crippen molar-refractivity contribution >= 4 is 15.7 Å². The van der Waals surface area contributed by atoms with E-state index in [1.54, 1.807) is 0 Å². The van der Waals surface area contributed by atoms with Gasteiger partial charge in [0.25, 0.3) is 5.69 Å². The van der Waals surface area contributed by atoms with Crippen molar-refractivity contribution in [1.82, 2.24) is 4.31 Å². The summed E-state index contributed by atoms with van der Waals surface area (Å²) in [5.74, 6) is -0.114. The molecule has 0 radical (unpaired) electrons. The van der Waals surface area contributed by atoms with Gasteiger partial charge in [-0.2, -0.15) is 17.5 Å². The fourth-order valence-electron chi connectivity index (χ4n) is 2.42. The van der Waals surface area contributed by atoms with E-state index < -0.39 is 37.3 Å². The number of nitrogens with zero attached hydrogens (tertiary/aromatic N) is 2. The molecule has 1 atom stereocenters. The molecule has 1 aromatic rings. The van der Waals surface area contributed by atoms with E-state index in [-0.39, 0.29) is 31.6 Å². The van der Waals surface area contributed by atoms with Crippen molar-refractivity contribution in [2.24, 2.45) is 11.7 Å². The second-order valence-corrected chi connectivity index (χ2v) is 7.10. The molecule has 11 heteroatoms. The van der Waals surface area contributed by atoms with Gasteiger partial charge in [0.15, 0.2) is 0 Å². The molecule has 2 rings (SSSR count). The van der Waals surface area contributed by atoms with Gasteiger partial charge >= 0.3 is 6.18 Å². The van der Waals surface area contributed by atoms with Crippen LogP contribution in [-0.4, -0.2) is 37.3 Å². The van der Waals surface area contributed by atoms with Crippen molar-refractivity contribution in [3.05, 3.63) is 33.9 Å². The summed E-state index contributed by atoms with van der Waals surface area (Å²) in [6.45, 7) is 0.337. The summed E-state index contributed by atoms with van der Waals surface area (Å²) in [5.41, 5.74) is 3.09. The van der Waals surface area contributed by atoms with Crippen LogP contribution in [0.2, 0.25) is 0 Å². The molecular formula is C12H14F3N3O4S. The highest BCUT2D eigenvalue weighted by atomic mass is 32.2. The van der Waals surface area contributed by atoms with Crippen molar-refractivity contribution < 1.29 is 26.5 Å². The average molecular weight is 353 g/mol. The smallest absolute Gasteiger partial charge is 0.330 e. The van der Waals surface area contributed by atoms with E-state index in [4.69, 9.17) is 5.73 Å². The number of benzene rings is 1. The molecule has 0 spiro atoms. The van der Waals surface area contributed by atoms with Crippen LogP contribution in [0, 0.1) is 16.0 Å². The zero-order valence-corrected chi connectivity index (χ0v) is 12.6. The normalized spacial score (nSPS) is 19.9. The van der Waals surface area contributed by atoms with Crippen LogP contribution in [0.5, 0.6) is 0 Å². The van der Waals surface area contributed by atoms with Crippen LogP contribution in [-0.2, 0) is 16.2 Å². The molecule has 7 nitrogen and oxygen atoms in total. The summed E-state index contributed by atoms with van der Waals surface area (Å²) in [6, 6.07) is 1.62.